The second-order valence-electron chi connectivity index (χ2n) is 5.54. The Morgan fingerprint density at radius 3 is 2.08 bits per heavy atom. The lowest BCUT2D eigenvalue weighted by Crippen LogP contribution is -1.98. The fraction of sp³-hybridized carbons (Fsp3) is 0.0909. The van der Waals surface area contributed by atoms with Gasteiger partial charge in [0.05, 0.1) is 5.69 Å². The molecule has 0 unspecified atom stereocenters. The van der Waals surface area contributed by atoms with E-state index in [4.69, 9.17) is 0 Å². The number of nitrogens with zero attached hydrogens (tertiary/aromatic N) is 3. The molecule has 0 aliphatic rings. The van der Waals surface area contributed by atoms with E-state index in [1.807, 2.05) is 54.7 Å². The molecule has 0 N–H and O–H groups in total. The Labute approximate surface area is 148 Å². The third kappa shape index (κ3) is 4.64. The smallest absolute Gasteiger partial charge is 0.153 e. The third-order valence-corrected chi connectivity index (χ3v) is 3.79. The number of hydrogen-bond donors (Lipinski definition) is 0. The molecule has 0 spiro atoms. The molecule has 0 aliphatic heterocycles. The highest BCUT2D eigenvalue weighted by Crippen LogP contribution is 2.17. The standard InChI is InChI=1S/C14H11N3.C8H10/c1-2-6-12(7-3-1)13-8-4-9-14(16-13)17-11-5-10-15-17;1-2-8-6-4-3-5-7-8/h1-11H;3-7H,2H2,1H3. The summed E-state index contributed by atoms with van der Waals surface area (Å²) in [5, 5.41) is 4.18. The highest BCUT2D eigenvalue weighted by molar-refractivity contribution is 5.59. The average molecular weight is 327 g/mol. The summed E-state index contributed by atoms with van der Waals surface area (Å²) in [6.45, 7) is 2.16. The van der Waals surface area contributed by atoms with Crippen LogP contribution in [0.2, 0.25) is 0 Å². The highest BCUT2D eigenvalue weighted by Gasteiger charge is 2.01. The van der Waals surface area contributed by atoms with E-state index in [2.05, 4.69) is 53.4 Å². The fourth-order valence-electron chi connectivity index (χ4n) is 2.44. The van der Waals surface area contributed by atoms with E-state index >= 15 is 0 Å². The van der Waals surface area contributed by atoms with Crippen molar-refractivity contribution in [2.75, 3.05) is 0 Å². The summed E-state index contributed by atoms with van der Waals surface area (Å²) >= 11 is 0. The minimum absolute atomic E-state index is 0.830. The summed E-state index contributed by atoms with van der Waals surface area (Å²) in [5.74, 6) is 0.830. The fourth-order valence-corrected chi connectivity index (χ4v) is 2.44. The molecule has 0 bridgehead atoms. The monoisotopic (exact) mass is 327 g/mol. The van der Waals surface area contributed by atoms with Gasteiger partial charge in [0.2, 0.25) is 0 Å². The number of benzene rings is 2. The summed E-state index contributed by atoms with van der Waals surface area (Å²) in [6.07, 6.45) is 4.77. The first-order valence-corrected chi connectivity index (χ1v) is 8.43. The normalized spacial score (nSPS) is 9.96. The zero-order valence-electron chi connectivity index (χ0n) is 14.3. The Morgan fingerprint density at radius 2 is 1.48 bits per heavy atom. The summed E-state index contributed by atoms with van der Waals surface area (Å²) in [7, 11) is 0. The first-order valence-electron chi connectivity index (χ1n) is 8.43. The van der Waals surface area contributed by atoms with Crippen LogP contribution in [0.1, 0.15) is 12.5 Å². The summed E-state index contributed by atoms with van der Waals surface area (Å²) in [4.78, 5) is 4.59. The van der Waals surface area contributed by atoms with Gasteiger partial charge in [-0.2, -0.15) is 5.10 Å². The number of aryl methyl sites for hydroxylation is 1. The van der Waals surface area contributed by atoms with E-state index in [9.17, 15) is 0 Å². The van der Waals surface area contributed by atoms with Crippen LogP contribution in [-0.2, 0) is 6.42 Å². The number of rotatable bonds is 3. The van der Waals surface area contributed by atoms with Gasteiger partial charge < -0.3 is 0 Å². The van der Waals surface area contributed by atoms with Crippen molar-refractivity contribution in [1.29, 1.82) is 0 Å². The van der Waals surface area contributed by atoms with Gasteiger partial charge in [-0.1, -0.05) is 73.7 Å². The Balaban J connectivity index is 0.000000192. The molecule has 0 amide bonds. The lowest BCUT2D eigenvalue weighted by molar-refractivity contribution is 0.848. The molecule has 4 aromatic rings. The molecule has 2 heterocycles. The zero-order valence-corrected chi connectivity index (χ0v) is 14.3. The van der Waals surface area contributed by atoms with Gasteiger partial charge >= 0.3 is 0 Å². The van der Waals surface area contributed by atoms with Gasteiger partial charge in [-0.25, -0.2) is 9.67 Å². The largest absolute Gasteiger partial charge is 0.229 e. The number of pyridine rings is 1. The average Bonchev–Trinajstić information content (AvgIpc) is 3.25. The van der Waals surface area contributed by atoms with Gasteiger partial charge in [-0.3, -0.25) is 0 Å². The summed E-state index contributed by atoms with van der Waals surface area (Å²) in [5.41, 5.74) is 3.48. The predicted molar refractivity (Wildman–Crippen MR) is 103 cm³/mol. The lowest BCUT2D eigenvalue weighted by atomic mass is 10.1. The second kappa shape index (κ2) is 8.60. The first kappa shape index (κ1) is 16.7. The van der Waals surface area contributed by atoms with Crippen LogP contribution >= 0.6 is 0 Å². The van der Waals surface area contributed by atoms with Crippen molar-refractivity contribution in [3.63, 3.8) is 0 Å². The first-order chi connectivity index (χ1) is 12.4. The van der Waals surface area contributed by atoms with Gasteiger partial charge in [0.25, 0.3) is 0 Å². The summed E-state index contributed by atoms with van der Waals surface area (Å²) < 4.78 is 1.76. The van der Waals surface area contributed by atoms with Gasteiger partial charge in [0, 0.05) is 18.0 Å². The molecule has 0 atom stereocenters. The Hall–Kier alpha value is -3.20. The SMILES string of the molecule is CCc1ccccc1.c1ccc(-c2cccc(-n3cccn3)n2)cc1. The minimum atomic E-state index is 0.830. The molecule has 3 heteroatoms. The van der Waals surface area contributed by atoms with Crippen LogP contribution in [0, 0.1) is 0 Å². The molecule has 2 aromatic carbocycles. The van der Waals surface area contributed by atoms with E-state index in [1.165, 1.54) is 5.56 Å². The van der Waals surface area contributed by atoms with Crippen LogP contribution in [0.15, 0.2) is 97.3 Å². The van der Waals surface area contributed by atoms with Crippen molar-refractivity contribution in [2.45, 2.75) is 13.3 Å². The molecule has 0 aliphatic carbocycles. The van der Waals surface area contributed by atoms with E-state index in [-0.39, 0.29) is 0 Å². The quantitative estimate of drug-likeness (QED) is 0.519. The van der Waals surface area contributed by atoms with Crippen molar-refractivity contribution < 1.29 is 0 Å². The van der Waals surface area contributed by atoms with Crippen LogP contribution < -0.4 is 0 Å². The van der Waals surface area contributed by atoms with Gasteiger partial charge in [-0.05, 0) is 30.2 Å². The summed E-state index contributed by atoms with van der Waals surface area (Å²) in [6, 6.07) is 28.4. The number of aromatic nitrogens is 3. The maximum atomic E-state index is 4.59. The topological polar surface area (TPSA) is 30.7 Å². The molecule has 2 aromatic heterocycles. The van der Waals surface area contributed by atoms with Crippen LogP contribution in [0.4, 0.5) is 0 Å². The van der Waals surface area contributed by atoms with E-state index in [0.717, 1.165) is 23.5 Å². The Morgan fingerprint density at radius 1 is 0.760 bits per heavy atom. The van der Waals surface area contributed by atoms with E-state index < -0.39 is 0 Å². The minimum Gasteiger partial charge on any atom is -0.229 e. The van der Waals surface area contributed by atoms with Crippen molar-refractivity contribution in [2.24, 2.45) is 0 Å². The van der Waals surface area contributed by atoms with Crippen molar-refractivity contribution in [3.05, 3.63) is 103 Å². The lowest BCUT2D eigenvalue weighted by Gasteiger charge is -2.04. The van der Waals surface area contributed by atoms with E-state index in [0.29, 0.717) is 0 Å². The van der Waals surface area contributed by atoms with E-state index in [1.54, 1.807) is 10.9 Å². The molecule has 25 heavy (non-hydrogen) atoms. The molecular weight excluding hydrogens is 306 g/mol. The zero-order chi connectivity index (χ0) is 17.3. The molecule has 4 rings (SSSR count). The second-order valence-corrected chi connectivity index (χ2v) is 5.54. The molecule has 0 saturated heterocycles. The third-order valence-electron chi connectivity index (χ3n) is 3.79. The molecule has 3 nitrogen and oxygen atoms in total. The predicted octanol–water partition coefficient (Wildman–Crippen LogP) is 5.18. The number of hydrogen-bond acceptors (Lipinski definition) is 2. The Bertz CT molecular complexity index is 870. The molecule has 0 radical (unpaired) electrons. The van der Waals surface area contributed by atoms with Crippen LogP contribution in [0.3, 0.4) is 0 Å². The van der Waals surface area contributed by atoms with Gasteiger partial charge in [0.15, 0.2) is 5.82 Å². The van der Waals surface area contributed by atoms with Crippen LogP contribution in [0.25, 0.3) is 17.1 Å². The Kier molecular flexibility index (Phi) is 5.73. The molecule has 124 valence electrons. The molecular formula is C22H21N3. The van der Waals surface area contributed by atoms with Crippen molar-refractivity contribution in [1.82, 2.24) is 14.8 Å². The van der Waals surface area contributed by atoms with Crippen molar-refractivity contribution in [3.8, 4) is 17.1 Å². The highest BCUT2D eigenvalue weighted by atomic mass is 15.3. The molecule has 0 saturated carbocycles. The van der Waals surface area contributed by atoms with Crippen LogP contribution in [-0.4, -0.2) is 14.8 Å². The molecule has 0 fully saturated rings. The van der Waals surface area contributed by atoms with Gasteiger partial charge in [0.1, 0.15) is 0 Å². The van der Waals surface area contributed by atoms with Gasteiger partial charge in [-0.15, -0.1) is 0 Å². The maximum absolute atomic E-state index is 4.59. The van der Waals surface area contributed by atoms with Crippen molar-refractivity contribution >= 4 is 0 Å². The maximum Gasteiger partial charge on any atom is 0.153 e. The van der Waals surface area contributed by atoms with Crippen LogP contribution in [0.5, 0.6) is 0 Å².